The Balaban J connectivity index is 1.75. The van der Waals surface area contributed by atoms with E-state index in [1.165, 1.54) is 17.0 Å². The predicted molar refractivity (Wildman–Crippen MR) is 98.4 cm³/mol. The molecule has 1 heterocycles. The molecular weight excluding hydrogens is 358 g/mol. The maximum Gasteiger partial charge on any atom is 0.271 e. The number of non-ortho nitro benzene ring substituents is 1. The van der Waals surface area contributed by atoms with Crippen LogP contribution in [0.1, 0.15) is 12.0 Å². The van der Waals surface area contributed by atoms with E-state index in [-0.39, 0.29) is 30.5 Å². The van der Waals surface area contributed by atoms with Gasteiger partial charge < -0.3 is 10.2 Å². The van der Waals surface area contributed by atoms with Gasteiger partial charge in [0.2, 0.25) is 11.8 Å². The number of hydrogen-bond donors (Lipinski definition) is 1. The summed E-state index contributed by atoms with van der Waals surface area (Å²) in [5.74, 6) is -1.05. The number of benzene rings is 2. The van der Waals surface area contributed by atoms with Gasteiger partial charge in [-0.05, 0) is 30.7 Å². The van der Waals surface area contributed by atoms with Gasteiger partial charge in [0.05, 0.1) is 16.5 Å². The third-order valence-corrected chi connectivity index (χ3v) is 4.54. The van der Waals surface area contributed by atoms with Crippen molar-refractivity contribution in [2.75, 3.05) is 16.8 Å². The van der Waals surface area contributed by atoms with Crippen molar-refractivity contribution in [2.45, 2.75) is 13.3 Å². The third kappa shape index (κ3) is 3.67. The van der Waals surface area contributed by atoms with Crippen LogP contribution < -0.4 is 10.2 Å². The van der Waals surface area contributed by atoms with Gasteiger partial charge in [0.15, 0.2) is 0 Å². The van der Waals surface area contributed by atoms with E-state index in [2.05, 4.69) is 5.32 Å². The molecule has 1 aliphatic rings. The quantitative estimate of drug-likeness (QED) is 0.655. The van der Waals surface area contributed by atoms with Gasteiger partial charge in [-0.25, -0.2) is 0 Å². The Hall–Kier alpha value is -2.93. The Labute approximate surface area is 154 Å². The van der Waals surface area contributed by atoms with Crippen LogP contribution in [0, 0.1) is 23.0 Å². The van der Waals surface area contributed by atoms with Crippen LogP contribution in [0.5, 0.6) is 0 Å². The van der Waals surface area contributed by atoms with Crippen LogP contribution in [0.25, 0.3) is 0 Å². The van der Waals surface area contributed by atoms with Crippen molar-refractivity contribution >= 4 is 40.5 Å². The fraction of sp³-hybridized carbons (Fsp3) is 0.222. The number of aryl methyl sites for hydroxylation is 1. The predicted octanol–water partition coefficient (Wildman–Crippen LogP) is 3.55. The van der Waals surface area contributed by atoms with E-state index in [0.29, 0.717) is 22.0 Å². The molecule has 3 rings (SSSR count). The molecule has 1 fully saturated rings. The lowest BCUT2D eigenvalue weighted by Gasteiger charge is -2.17. The first kappa shape index (κ1) is 17.9. The van der Waals surface area contributed by atoms with Gasteiger partial charge in [0.1, 0.15) is 0 Å². The van der Waals surface area contributed by atoms with E-state index in [1.807, 2.05) is 0 Å². The number of anilines is 2. The average molecular weight is 374 g/mol. The van der Waals surface area contributed by atoms with Gasteiger partial charge in [-0.2, -0.15) is 0 Å². The number of nitrogens with zero attached hydrogens (tertiary/aromatic N) is 2. The van der Waals surface area contributed by atoms with Gasteiger partial charge in [-0.15, -0.1) is 0 Å². The molecule has 1 atom stereocenters. The number of nitro groups is 1. The summed E-state index contributed by atoms with van der Waals surface area (Å²) in [6, 6.07) is 11.2. The van der Waals surface area contributed by atoms with Crippen LogP contribution in [-0.4, -0.2) is 23.3 Å². The van der Waals surface area contributed by atoms with E-state index < -0.39 is 10.8 Å². The summed E-state index contributed by atoms with van der Waals surface area (Å²) in [5.41, 5.74) is 1.62. The Morgan fingerprint density at radius 1 is 1.31 bits per heavy atom. The Morgan fingerprint density at radius 3 is 2.77 bits per heavy atom. The van der Waals surface area contributed by atoms with E-state index in [9.17, 15) is 19.7 Å². The zero-order valence-electron chi connectivity index (χ0n) is 13.9. The topological polar surface area (TPSA) is 92.5 Å². The fourth-order valence-electron chi connectivity index (χ4n) is 2.87. The fourth-order valence-corrected chi connectivity index (χ4v) is 3.05. The molecule has 7 nitrogen and oxygen atoms in total. The molecule has 8 heteroatoms. The highest BCUT2D eigenvalue weighted by Crippen LogP contribution is 2.29. The van der Waals surface area contributed by atoms with E-state index in [0.717, 1.165) is 0 Å². The second-order valence-corrected chi connectivity index (χ2v) is 6.57. The van der Waals surface area contributed by atoms with Gasteiger partial charge in [0.25, 0.3) is 5.69 Å². The smallest absolute Gasteiger partial charge is 0.271 e. The first-order valence-electron chi connectivity index (χ1n) is 7.97. The number of rotatable bonds is 4. The summed E-state index contributed by atoms with van der Waals surface area (Å²) >= 11 is 5.96. The van der Waals surface area contributed by atoms with E-state index >= 15 is 0 Å². The Bertz CT molecular complexity index is 900. The standard InChI is InChI=1S/C18H16ClN3O4/c1-11-5-6-15(22(25)26)9-16(11)20-18(24)12-7-17(23)21(10-12)14-4-2-3-13(19)8-14/h2-6,8-9,12H,7,10H2,1H3,(H,20,24)/t12-/m0/s1. The number of nitro benzene ring substituents is 1. The molecule has 0 aromatic heterocycles. The van der Waals surface area contributed by atoms with Crippen molar-refractivity contribution in [2.24, 2.45) is 5.92 Å². The largest absolute Gasteiger partial charge is 0.325 e. The van der Waals surface area contributed by atoms with Crippen LogP contribution in [0.15, 0.2) is 42.5 Å². The molecule has 0 unspecified atom stereocenters. The van der Waals surface area contributed by atoms with Crippen LogP contribution in [0.2, 0.25) is 5.02 Å². The second-order valence-electron chi connectivity index (χ2n) is 6.13. The highest BCUT2D eigenvalue weighted by atomic mass is 35.5. The molecule has 2 aromatic rings. The minimum atomic E-state index is -0.542. The summed E-state index contributed by atoms with van der Waals surface area (Å²) in [7, 11) is 0. The number of amides is 2. The average Bonchev–Trinajstić information content (AvgIpc) is 2.98. The number of hydrogen-bond acceptors (Lipinski definition) is 4. The minimum Gasteiger partial charge on any atom is -0.325 e. The first-order valence-corrected chi connectivity index (χ1v) is 8.35. The van der Waals surface area contributed by atoms with Crippen molar-refractivity contribution in [3.63, 3.8) is 0 Å². The molecule has 0 aliphatic carbocycles. The molecule has 0 saturated carbocycles. The highest BCUT2D eigenvalue weighted by Gasteiger charge is 2.35. The molecule has 134 valence electrons. The van der Waals surface area contributed by atoms with Crippen molar-refractivity contribution in [3.8, 4) is 0 Å². The maximum atomic E-state index is 12.6. The molecule has 1 saturated heterocycles. The minimum absolute atomic E-state index is 0.0757. The van der Waals surface area contributed by atoms with Crippen LogP contribution >= 0.6 is 11.6 Å². The molecule has 0 bridgehead atoms. The summed E-state index contributed by atoms with van der Waals surface area (Å²) in [5, 5.41) is 14.1. The summed E-state index contributed by atoms with van der Waals surface area (Å²) in [4.78, 5) is 36.7. The maximum absolute atomic E-state index is 12.6. The molecule has 2 amide bonds. The van der Waals surface area contributed by atoms with E-state index in [4.69, 9.17) is 11.6 Å². The summed E-state index contributed by atoms with van der Waals surface area (Å²) < 4.78 is 0. The Kier molecular flexibility index (Phi) is 4.90. The van der Waals surface area contributed by atoms with Gasteiger partial charge in [-0.1, -0.05) is 23.7 Å². The van der Waals surface area contributed by atoms with Gasteiger partial charge in [-0.3, -0.25) is 19.7 Å². The van der Waals surface area contributed by atoms with E-state index in [1.54, 1.807) is 37.3 Å². The summed E-state index contributed by atoms with van der Waals surface area (Å²) in [6.45, 7) is 1.98. The van der Waals surface area contributed by atoms with Crippen molar-refractivity contribution in [3.05, 3.63) is 63.2 Å². The van der Waals surface area contributed by atoms with Crippen LogP contribution in [-0.2, 0) is 9.59 Å². The second kappa shape index (κ2) is 7.13. The number of nitrogens with one attached hydrogen (secondary N) is 1. The van der Waals surface area contributed by atoms with Crippen molar-refractivity contribution in [1.29, 1.82) is 0 Å². The van der Waals surface area contributed by atoms with Crippen molar-refractivity contribution in [1.82, 2.24) is 0 Å². The lowest BCUT2D eigenvalue weighted by Crippen LogP contribution is -2.28. The van der Waals surface area contributed by atoms with Gasteiger partial charge in [0, 0.05) is 35.8 Å². The Morgan fingerprint density at radius 2 is 2.08 bits per heavy atom. The number of halogens is 1. The molecule has 26 heavy (non-hydrogen) atoms. The highest BCUT2D eigenvalue weighted by molar-refractivity contribution is 6.31. The third-order valence-electron chi connectivity index (χ3n) is 4.31. The molecular formula is C18H16ClN3O4. The van der Waals surface area contributed by atoms with Gasteiger partial charge >= 0.3 is 0 Å². The lowest BCUT2D eigenvalue weighted by molar-refractivity contribution is -0.384. The molecule has 0 radical (unpaired) electrons. The van der Waals surface area contributed by atoms with Crippen molar-refractivity contribution < 1.29 is 14.5 Å². The van der Waals surface area contributed by atoms with Crippen LogP contribution in [0.4, 0.5) is 17.1 Å². The monoisotopic (exact) mass is 373 g/mol. The molecule has 1 aliphatic heterocycles. The molecule has 0 spiro atoms. The SMILES string of the molecule is Cc1ccc([N+](=O)[O-])cc1NC(=O)[C@H]1CC(=O)N(c2cccc(Cl)c2)C1. The number of carbonyl (C=O) groups excluding carboxylic acids is 2. The van der Waals surface area contributed by atoms with Crippen LogP contribution in [0.3, 0.4) is 0 Å². The zero-order valence-corrected chi connectivity index (χ0v) is 14.7. The normalized spacial score (nSPS) is 16.6. The lowest BCUT2D eigenvalue weighted by atomic mass is 10.1. The molecule has 2 aromatic carbocycles. The number of carbonyl (C=O) groups is 2. The zero-order chi connectivity index (χ0) is 18.8. The molecule has 1 N–H and O–H groups in total. The first-order chi connectivity index (χ1) is 12.3. The summed E-state index contributed by atoms with van der Waals surface area (Å²) in [6.07, 6.45) is 0.0757.